The van der Waals surface area contributed by atoms with Crippen LogP contribution < -0.4 is 5.32 Å². The van der Waals surface area contributed by atoms with Gasteiger partial charge >= 0.3 is 5.97 Å². The summed E-state index contributed by atoms with van der Waals surface area (Å²) in [5.74, 6) is -1.21. The summed E-state index contributed by atoms with van der Waals surface area (Å²) < 4.78 is 10.4. The van der Waals surface area contributed by atoms with Crippen molar-refractivity contribution in [3.63, 3.8) is 0 Å². The minimum absolute atomic E-state index is 0.0586. The number of hydrogen-bond acceptors (Lipinski definition) is 6. The molecule has 0 bridgehead atoms. The molecule has 0 aromatic heterocycles. The summed E-state index contributed by atoms with van der Waals surface area (Å²) >= 11 is 6.42. The molecule has 0 spiro atoms. The molecule has 0 amide bonds. The summed E-state index contributed by atoms with van der Waals surface area (Å²) in [5.41, 5.74) is 3.88. The Labute approximate surface area is 197 Å². The van der Waals surface area contributed by atoms with Crippen molar-refractivity contribution in [2.75, 3.05) is 20.3 Å². The van der Waals surface area contributed by atoms with Crippen LogP contribution in [0, 0.1) is 0 Å². The van der Waals surface area contributed by atoms with Gasteiger partial charge < -0.3 is 19.9 Å². The van der Waals surface area contributed by atoms with E-state index < -0.39 is 11.9 Å². The van der Waals surface area contributed by atoms with Gasteiger partial charge in [0, 0.05) is 41.4 Å². The molecule has 4 rings (SSSR count). The number of phenols is 1. The number of carbonyl (C=O) groups excluding carboxylic acids is 2. The SMILES string of the molecule is COCCOC(=O)C1=C(C)NC2=C(C(=O)C[C@@H](c3ccccc3Cl)C2)[C@@H]1c1cccc(O)c1. The number of dihydropyridines is 1. The van der Waals surface area contributed by atoms with Crippen LogP contribution in [-0.4, -0.2) is 37.2 Å². The maximum atomic E-state index is 13.5. The van der Waals surface area contributed by atoms with E-state index in [4.69, 9.17) is 21.1 Å². The minimum atomic E-state index is -0.636. The van der Waals surface area contributed by atoms with Crippen LogP contribution in [0.25, 0.3) is 0 Å². The fourth-order valence-electron chi connectivity index (χ4n) is 4.67. The molecule has 6 nitrogen and oxygen atoms in total. The number of phenolic OH excluding ortho intramolecular Hbond substituents is 1. The first-order valence-corrected chi connectivity index (χ1v) is 11.2. The molecule has 2 aromatic rings. The molecule has 0 radical (unpaired) electrons. The third-order valence-corrected chi connectivity index (χ3v) is 6.46. The number of ether oxygens (including phenoxy) is 2. The monoisotopic (exact) mass is 467 g/mol. The number of esters is 1. The van der Waals surface area contributed by atoms with E-state index in [2.05, 4.69) is 5.32 Å². The van der Waals surface area contributed by atoms with E-state index in [1.165, 1.54) is 7.11 Å². The number of methoxy groups -OCH3 is 1. The Hall–Kier alpha value is -3.09. The summed E-state index contributed by atoms with van der Waals surface area (Å²) in [6.07, 6.45) is 0.869. The molecule has 0 saturated heterocycles. The Morgan fingerprint density at radius 3 is 2.67 bits per heavy atom. The van der Waals surface area contributed by atoms with E-state index in [0.717, 1.165) is 11.3 Å². The standard InChI is InChI=1S/C26H26ClNO5/c1-15-23(26(31)33-11-10-32-2)24(16-6-5-7-18(29)12-16)25-21(28-15)13-17(14-22(25)30)19-8-3-4-9-20(19)27/h3-9,12,17,24,28-29H,10-11,13-14H2,1-2H3/t17-,24+/m0/s1. The molecule has 1 aliphatic heterocycles. The summed E-state index contributed by atoms with van der Waals surface area (Å²) in [6.45, 7) is 2.18. The fraction of sp³-hybridized carbons (Fsp3) is 0.308. The summed E-state index contributed by atoms with van der Waals surface area (Å²) in [5, 5.41) is 14.0. The van der Waals surface area contributed by atoms with Crippen molar-refractivity contribution in [2.24, 2.45) is 0 Å². The zero-order chi connectivity index (χ0) is 23.5. The van der Waals surface area contributed by atoms with Crippen molar-refractivity contribution in [2.45, 2.75) is 31.6 Å². The smallest absolute Gasteiger partial charge is 0.336 e. The van der Waals surface area contributed by atoms with E-state index in [0.29, 0.717) is 33.9 Å². The predicted octanol–water partition coefficient (Wildman–Crippen LogP) is 4.60. The third kappa shape index (κ3) is 4.68. The maximum absolute atomic E-state index is 13.5. The first-order valence-electron chi connectivity index (χ1n) is 10.8. The van der Waals surface area contributed by atoms with E-state index in [9.17, 15) is 14.7 Å². The first-order chi connectivity index (χ1) is 15.9. The fourth-order valence-corrected chi connectivity index (χ4v) is 4.96. The molecule has 1 aliphatic carbocycles. The molecule has 0 unspecified atom stereocenters. The van der Waals surface area contributed by atoms with E-state index in [-0.39, 0.29) is 37.1 Å². The first kappa shape index (κ1) is 23.1. The lowest BCUT2D eigenvalue weighted by Crippen LogP contribution is -2.36. The molecule has 2 atom stereocenters. The highest BCUT2D eigenvalue weighted by Gasteiger charge is 2.41. The largest absolute Gasteiger partial charge is 0.508 e. The summed E-state index contributed by atoms with van der Waals surface area (Å²) in [7, 11) is 1.53. The van der Waals surface area contributed by atoms with Gasteiger partial charge in [0.2, 0.25) is 0 Å². The van der Waals surface area contributed by atoms with Crippen LogP contribution >= 0.6 is 11.6 Å². The molecule has 2 N–H and O–H groups in total. The number of nitrogens with one attached hydrogen (secondary N) is 1. The quantitative estimate of drug-likeness (QED) is 0.477. The number of hydrogen-bond donors (Lipinski definition) is 2. The Balaban J connectivity index is 1.76. The molecule has 2 aromatic carbocycles. The van der Waals surface area contributed by atoms with Crippen molar-refractivity contribution in [1.29, 1.82) is 0 Å². The van der Waals surface area contributed by atoms with Crippen molar-refractivity contribution in [1.82, 2.24) is 5.32 Å². The van der Waals surface area contributed by atoms with Crippen molar-refractivity contribution >= 4 is 23.4 Å². The minimum Gasteiger partial charge on any atom is -0.508 e. The molecule has 7 heteroatoms. The number of benzene rings is 2. The molecular formula is C26H26ClNO5. The number of rotatable bonds is 6. The Kier molecular flexibility index (Phi) is 6.86. The highest BCUT2D eigenvalue weighted by molar-refractivity contribution is 6.31. The van der Waals surface area contributed by atoms with Gasteiger partial charge in [-0.05, 0) is 48.6 Å². The topological polar surface area (TPSA) is 84.9 Å². The highest BCUT2D eigenvalue weighted by Crippen LogP contribution is 2.46. The molecule has 2 aliphatic rings. The second-order valence-corrected chi connectivity index (χ2v) is 8.67. The molecule has 0 saturated carbocycles. The van der Waals surface area contributed by atoms with E-state index in [1.807, 2.05) is 30.3 Å². The molecular weight excluding hydrogens is 442 g/mol. The Bertz CT molecular complexity index is 1150. The number of halogens is 1. The molecule has 1 heterocycles. The van der Waals surface area contributed by atoms with Crippen molar-refractivity contribution in [3.8, 4) is 5.75 Å². The van der Waals surface area contributed by atoms with E-state index in [1.54, 1.807) is 25.1 Å². The molecule has 172 valence electrons. The van der Waals surface area contributed by atoms with Crippen molar-refractivity contribution < 1.29 is 24.2 Å². The van der Waals surface area contributed by atoms with Gasteiger partial charge in [0.25, 0.3) is 0 Å². The number of allylic oxidation sites excluding steroid dienone is 3. The van der Waals surface area contributed by atoms with Gasteiger partial charge in [-0.25, -0.2) is 4.79 Å². The lowest BCUT2D eigenvalue weighted by molar-refractivity contribution is -0.140. The number of ketones is 1. The number of carbonyl (C=O) groups is 2. The van der Waals surface area contributed by atoms with Crippen molar-refractivity contribution in [3.05, 3.63) is 87.2 Å². The van der Waals surface area contributed by atoms with E-state index >= 15 is 0 Å². The second-order valence-electron chi connectivity index (χ2n) is 8.26. The average Bonchev–Trinajstić information content (AvgIpc) is 2.78. The third-order valence-electron chi connectivity index (χ3n) is 6.12. The van der Waals surface area contributed by atoms with Crippen LogP contribution in [0.5, 0.6) is 5.75 Å². The zero-order valence-electron chi connectivity index (χ0n) is 18.6. The lowest BCUT2D eigenvalue weighted by atomic mass is 9.71. The van der Waals surface area contributed by atoms with Gasteiger partial charge in [0.1, 0.15) is 12.4 Å². The van der Waals surface area contributed by atoms with Crippen LogP contribution in [0.1, 0.15) is 42.7 Å². The maximum Gasteiger partial charge on any atom is 0.336 e. The van der Waals surface area contributed by atoms with Crippen LogP contribution in [0.4, 0.5) is 0 Å². The molecule has 0 fully saturated rings. The van der Waals surface area contributed by atoms with Gasteiger partial charge in [-0.2, -0.15) is 0 Å². The van der Waals surface area contributed by atoms with Crippen LogP contribution in [0.15, 0.2) is 71.1 Å². The summed E-state index contributed by atoms with van der Waals surface area (Å²) in [6, 6.07) is 14.2. The Morgan fingerprint density at radius 2 is 1.94 bits per heavy atom. The van der Waals surface area contributed by atoms with Gasteiger partial charge in [0.05, 0.1) is 12.2 Å². The lowest BCUT2D eigenvalue weighted by Gasteiger charge is -2.37. The normalized spacial score (nSPS) is 20.4. The predicted molar refractivity (Wildman–Crippen MR) is 125 cm³/mol. The Morgan fingerprint density at radius 1 is 1.15 bits per heavy atom. The average molecular weight is 468 g/mol. The van der Waals surface area contributed by atoms with Gasteiger partial charge in [-0.1, -0.05) is 41.9 Å². The van der Waals surface area contributed by atoms with Gasteiger partial charge in [0.15, 0.2) is 5.78 Å². The van der Waals surface area contributed by atoms with Crippen LogP contribution in [0.2, 0.25) is 5.02 Å². The highest BCUT2D eigenvalue weighted by atomic mass is 35.5. The van der Waals surface area contributed by atoms with Gasteiger partial charge in [-0.15, -0.1) is 0 Å². The zero-order valence-corrected chi connectivity index (χ0v) is 19.3. The summed E-state index contributed by atoms with van der Waals surface area (Å²) in [4.78, 5) is 26.6. The van der Waals surface area contributed by atoms with Gasteiger partial charge in [-0.3, -0.25) is 4.79 Å². The number of aromatic hydroxyl groups is 1. The van der Waals surface area contributed by atoms with Crippen LogP contribution in [0.3, 0.4) is 0 Å². The second kappa shape index (κ2) is 9.81. The van der Waals surface area contributed by atoms with Crippen LogP contribution in [-0.2, 0) is 19.1 Å². The number of Topliss-reactive ketones (excluding diaryl/α,β-unsaturated/α-hetero) is 1. The molecule has 33 heavy (non-hydrogen) atoms.